The largest absolute Gasteiger partial charge is 0.379 e. The Morgan fingerprint density at radius 1 is 1.03 bits per heavy atom. The van der Waals surface area contributed by atoms with Crippen LogP contribution >= 0.6 is 11.6 Å². The molecule has 1 aliphatic heterocycles. The minimum absolute atomic E-state index is 0.0702. The van der Waals surface area contributed by atoms with Crippen molar-refractivity contribution in [2.75, 3.05) is 39.1 Å². The second kappa shape index (κ2) is 9.11. The highest BCUT2D eigenvalue weighted by atomic mass is 35.5. The minimum atomic E-state index is -4.05. The highest BCUT2D eigenvalue weighted by molar-refractivity contribution is 7.93. The van der Waals surface area contributed by atoms with Crippen molar-refractivity contribution in [3.05, 3.63) is 59.1 Å². The maximum atomic E-state index is 12.9. The first kappa shape index (κ1) is 22.2. The molecule has 2 aromatic rings. The summed E-state index contributed by atoms with van der Waals surface area (Å²) in [5.74, 6) is 0. The number of nitrogens with zero attached hydrogens (tertiary/aromatic N) is 1. The third-order valence-corrected chi connectivity index (χ3v) is 7.73. The van der Waals surface area contributed by atoms with Crippen LogP contribution in [0.1, 0.15) is 11.6 Å². The van der Waals surface area contributed by atoms with Crippen LogP contribution in [-0.2, 0) is 24.6 Å². The van der Waals surface area contributed by atoms with Gasteiger partial charge >= 0.3 is 0 Å². The van der Waals surface area contributed by atoms with Crippen LogP contribution in [0.4, 0.5) is 0 Å². The van der Waals surface area contributed by atoms with E-state index in [0.29, 0.717) is 31.3 Å². The minimum Gasteiger partial charge on any atom is -0.379 e. The molecule has 10 heteroatoms. The van der Waals surface area contributed by atoms with E-state index in [1.807, 2.05) is 12.1 Å². The maximum Gasteiger partial charge on any atom is 0.241 e. The SMILES string of the molecule is CS(=O)(=O)c1ccccc1S(=O)(=O)NCC(c1cccc(Cl)c1)N1CCOCC1. The fraction of sp³-hybridized carbons (Fsp3) is 0.368. The average Bonchev–Trinajstić information content (AvgIpc) is 2.68. The van der Waals surface area contributed by atoms with Crippen molar-refractivity contribution in [1.29, 1.82) is 0 Å². The van der Waals surface area contributed by atoms with Crippen LogP contribution in [0.5, 0.6) is 0 Å². The number of nitrogens with one attached hydrogen (secondary N) is 1. The predicted molar refractivity (Wildman–Crippen MR) is 111 cm³/mol. The van der Waals surface area contributed by atoms with E-state index in [1.165, 1.54) is 24.3 Å². The Hall–Kier alpha value is -1.49. The average molecular weight is 459 g/mol. The van der Waals surface area contributed by atoms with Gasteiger partial charge in [0.25, 0.3) is 0 Å². The monoisotopic (exact) mass is 458 g/mol. The molecule has 0 aromatic heterocycles. The molecule has 1 unspecified atom stereocenters. The summed E-state index contributed by atoms with van der Waals surface area (Å²) in [5, 5.41) is 0.561. The molecular formula is C19H23ClN2O5S2. The summed E-state index contributed by atoms with van der Waals surface area (Å²) in [4.78, 5) is 1.65. The number of benzene rings is 2. The molecular weight excluding hydrogens is 436 g/mol. The molecule has 0 amide bonds. The number of hydrogen-bond acceptors (Lipinski definition) is 6. The zero-order valence-electron chi connectivity index (χ0n) is 15.9. The number of rotatable bonds is 7. The molecule has 1 saturated heterocycles. The van der Waals surface area contributed by atoms with Gasteiger partial charge in [-0.05, 0) is 29.8 Å². The number of ether oxygens (including phenoxy) is 1. The lowest BCUT2D eigenvalue weighted by molar-refractivity contribution is 0.0172. The Bertz CT molecular complexity index is 1070. The van der Waals surface area contributed by atoms with Crippen molar-refractivity contribution in [3.63, 3.8) is 0 Å². The fourth-order valence-corrected chi connectivity index (χ4v) is 6.17. The van der Waals surface area contributed by atoms with Crippen molar-refractivity contribution in [2.24, 2.45) is 0 Å². The molecule has 1 fully saturated rings. The first-order valence-electron chi connectivity index (χ1n) is 9.04. The number of sulfone groups is 1. The first-order chi connectivity index (χ1) is 13.7. The third kappa shape index (κ3) is 5.56. The number of sulfonamides is 1. The lowest BCUT2D eigenvalue weighted by Crippen LogP contribution is -2.43. The molecule has 7 nitrogen and oxygen atoms in total. The van der Waals surface area contributed by atoms with Gasteiger partial charge < -0.3 is 4.74 Å². The number of hydrogen-bond donors (Lipinski definition) is 1. The predicted octanol–water partition coefficient (Wildman–Crippen LogP) is 2.10. The molecule has 0 aliphatic carbocycles. The van der Waals surface area contributed by atoms with Crippen LogP contribution < -0.4 is 4.72 Å². The Kier molecular flexibility index (Phi) is 6.98. The summed E-state index contributed by atoms with van der Waals surface area (Å²) < 4.78 is 57.9. The standard InChI is InChI=1S/C19H23ClN2O5S2/c1-28(23,24)18-7-2-3-8-19(18)29(25,26)21-14-17(22-9-11-27-12-10-22)15-5-4-6-16(20)13-15/h2-8,13,17,21H,9-12,14H2,1H3. The second-order valence-electron chi connectivity index (χ2n) is 6.79. The Labute approximate surface area is 176 Å². The van der Waals surface area contributed by atoms with E-state index < -0.39 is 19.9 Å². The van der Waals surface area contributed by atoms with Gasteiger partial charge in [0.2, 0.25) is 10.0 Å². The van der Waals surface area contributed by atoms with Crippen LogP contribution in [0.3, 0.4) is 0 Å². The van der Waals surface area contributed by atoms with Crippen LogP contribution in [-0.4, -0.2) is 60.8 Å². The summed E-state index contributed by atoms with van der Waals surface area (Å²) in [5.41, 5.74) is 0.874. The van der Waals surface area contributed by atoms with Crippen molar-refractivity contribution >= 4 is 31.5 Å². The molecule has 1 heterocycles. The Morgan fingerprint density at radius 3 is 2.31 bits per heavy atom. The van der Waals surface area contributed by atoms with Crippen LogP contribution in [0, 0.1) is 0 Å². The quantitative estimate of drug-likeness (QED) is 0.683. The lowest BCUT2D eigenvalue weighted by Gasteiger charge is -2.35. The second-order valence-corrected chi connectivity index (χ2v) is 10.9. The normalized spacial score (nSPS) is 17.2. The lowest BCUT2D eigenvalue weighted by atomic mass is 10.1. The van der Waals surface area contributed by atoms with Gasteiger partial charge in [-0.25, -0.2) is 21.6 Å². The molecule has 3 rings (SSSR count). The van der Waals surface area contributed by atoms with Crippen molar-refractivity contribution in [1.82, 2.24) is 9.62 Å². The molecule has 2 aromatic carbocycles. The molecule has 0 saturated carbocycles. The van der Waals surface area contributed by atoms with Crippen LogP contribution in [0.2, 0.25) is 5.02 Å². The van der Waals surface area contributed by atoms with E-state index in [1.54, 1.807) is 12.1 Å². The highest BCUT2D eigenvalue weighted by Gasteiger charge is 2.27. The maximum absolute atomic E-state index is 12.9. The smallest absolute Gasteiger partial charge is 0.241 e. The van der Waals surface area contributed by atoms with E-state index in [-0.39, 0.29) is 22.4 Å². The van der Waals surface area contributed by atoms with Gasteiger partial charge in [-0.3, -0.25) is 4.90 Å². The van der Waals surface area contributed by atoms with Gasteiger partial charge in [-0.1, -0.05) is 35.9 Å². The van der Waals surface area contributed by atoms with E-state index >= 15 is 0 Å². The molecule has 0 radical (unpaired) electrons. The summed E-state index contributed by atoms with van der Waals surface area (Å²) in [6.07, 6.45) is 0.990. The summed E-state index contributed by atoms with van der Waals surface area (Å²) in [7, 11) is -7.74. The van der Waals surface area contributed by atoms with Gasteiger partial charge in [0.15, 0.2) is 9.84 Å². The topological polar surface area (TPSA) is 92.8 Å². The van der Waals surface area contributed by atoms with Crippen molar-refractivity contribution < 1.29 is 21.6 Å². The highest BCUT2D eigenvalue weighted by Crippen LogP contribution is 2.26. The van der Waals surface area contributed by atoms with Crippen molar-refractivity contribution in [3.8, 4) is 0 Å². The molecule has 158 valence electrons. The molecule has 29 heavy (non-hydrogen) atoms. The Morgan fingerprint density at radius 2 is 1.69 bits per heavy atom. The van der Waals surface area contributed by atoms with Gasteiger partial charge in [-0.15, -0.1) is 0 Å². The number of halogens is 1. The Balaban J connectivity index is 1.89. The van der Waals surface area contributed by atoms with Gasteiger partial charge in [0.1, 0.15) is 4.90 Å². The van der Waals surface area contributed by atoms with E-state index in [0.717, 1.165) is 11.8 Å². The molecule has 1 atom stereocenters. The van der Waals surface area contributed by atoms with Crippen molar-refractivity contribution in [2.45, 2.75) is 15.8 Å². The van der Waals surface area contributed by atoms with Crippen LogP contribution in [0.15, 0.2) is 58.3 Å². The van der Waals surface area contributed by atoms with E-state index in [2.05, 4.69) is 9.62 Å². The van der Waals surface area contributed by atoms with Gasteiger partial charge in [-0.2, -0.15) is 0 Å². The number of morpholine rings is 1. The van der Waals surface area contributed by atoms with Crippen LogP contribution in [0.25, 0.3) is 0 Å². The molecule has 0 spiro atoms. The third-order valence-electron chi connectivity index (χ3n) is 4.72. The molecule has 0 bridgehead atoms. The first-order valence-corrected chi connectivity index (χ1v) is 12.8. The zero-order chi connectivity index (χ0) is 21.1. The molecule has 1 N–H and O–H groups in total. The molecule has 1 aliphatic rings. The van der Waals surface area contributed by atoms with E-state index in [9.17, 15) is 16.8 Å². The summed E-state index contributed by atoms with van der Waals surface area (Å²) >= 11 is 6.14. The van der Waals surface area contributed by atoms with Gasteiger partial charge in [0.05, 0.1) is 18.1 Å². The summed E-state index contributed by atoms with van der Waals surface area (Å²) in [6, 6.07) is 12.6. The fourth-order valence-electron chi connectivity index (χ4n) is 3.31. The van der Waals surface area contributed by atoms with Gasteiger partial charge in [0, 0.05) is 37.0 Å². The van der Waals surface area contributed by atoms with E-state index in [4.69, 9.17) is 16.3 Å². The zero-order valence-corrected chi connectivity index (χ0v) is 18.3. The summed E-state index contributed by atoms with van der Waals surface area (Å²) in [6.45, 7) is 2.49.